The van der Waals surface area contributed by atoms with Crippen LogP contribution in [0.15, 0.2) is 54.6 Å². The smallest absolute Gasteiger partial charge is 0.317 e. The number of carbonyl (C=O) groups is 1. The van der Waals surface area contributed by atoms with Gasteiger partial charge in [-0.3, -0.25) is 4.68 Å². The lowest BCUT2D eigenvalue weighted by molar-refractivity contribution is 0.103. The second-order valence-corrected chi connectivity index (χ2v) is 7.76. The van der Waals surface area contributed by atoms with Crippen molar-refractivity contribution in [2.45, 2.75) is 32.6 Å². The first-order valence-electron chi connectivity index (χ1n) is 10.5. The summed E-state index contributed by atoms with van der Waals surface area (Å²) in [5, 5.41) is 7.62. The first-order chi connectivity index (χ1) is 15.1. The molecule has 2 amide bonds. The van der Waals surface area contributed by atoms with Gasteiger partial charge in [-0.1, -0.05) is 42.5 Å². The van der Waals surface area contributed by atoms with Gasteiger partial charge in [-0.05, 0) is 29.7 Å². The molecule has 0 saturated carbocycles. The van der Waals surface area contributed by atoms with Gasteiger partial charge in [-0.2, -0.15) is 5.10 Å². The van der Waals surface area contributed by atoms with Crippen molar-refractivity contribution in [2.75, 3.05) is 13.1 Å². The highest BCUT2D eigenvalue weighted by molar-refractivity contribution is 5.74. The molecule has 0 fully saturated rings. The van der Waals surface area contributed by atoms with E-state index in [4.69, 9.17) is 4.74 Å². The van der Waals surface area contributed by atoms with Crippen molar-refractivity contribution in [1.29, 1.82) is 0 Å². The fourth-order valence-electron chi connectivity index (χ4n) is 3.92. The van der Waals surface area contributed by atoms with Gasteiger partial charge in [-0.25, -0.2) is 9.18 Å². The summed E-state index contributed by atoms with van der Waals surface area (Å²) < 4.78 is 21.0. The van der Waals surface area contributed by atoms with Crippen molar-refractivity contribution < 1.29 is 13.9 Å². The maximum Gasteiger partial charge on any atom is 0.317 e. The van der Waals surface area contributed by atoms with Crippen molar-refractivity contribution in [2.24, 2.45) is 7.05 Å². The molecule has 0 spiro atoms. The molecule has 162 valence electrons. The van der Waals surface area contributed by atoms with Crippen LogP contribution in [-0.2, 0) is 44.4 Å². The minimum atomic E-state index is -0.273. The van der Waals surface area contributed by atoms with Crippen LogP contribution in [0.25, 0.3) is 0 Å². The number of hydrogen-bond donors (Lipinski definition) is 1. The summed E-state index contributed by atoms with van der Waals surface area (Å²) in [6.07, 6.45) is 1.56. The molecule has 2 heterocycles. The highest BCUT2D eigenvalue weighted by Gasteiger charge is 2.26. The molecule has 1 aliphatic rings. The van der Waals surface area contributed by atoms with E-state index in [-0.39, 0.29) is 11.8 Å². The fourth-order valence-corrected chi connectivity index (χ4v) is 3.92. The first-order valence-corrected chi connectivity index (χ1v) is 10.5. The fraction of sp³-hybridized carbons (Fsp3) is 0.333. The van der Waals surface area contributed by atoms with Crippen LogP contribution in [0.4, 0.5) is 9.18 Å². The molecule has 2 aromatic carbocycles. The van der Waals surface area contributed by atoms with Crippen molar-refractivity contribution in [3.63, 3.8) is 0 Å². The summed E-state index contributed by atoms with van der Waals surface area (Å²) in [5.74, 6) is -0.273. The second kappa shape index (κ2) is 9.75. The lowest BCUT2D eigenvalue weighted by Crippen LogP contribution is -2.43. The zero-order valence-corrected chi connectivity index (χ0v) is 17.7. The molecule has 7 heteroatoms. The monoisotopic (exact) mass is 422 g/mol. The van der Waals surface area contributed by atoms with Crippen LogP contribution in [0.2, 0.25) is 0 Å². The average Bonchev–Trinajstić information content (AvgIpc) is 3.09. The Morgan fingerprint density at radius 3 is 2.74 bits per heavy atom. The summed E-state index contributed by atoms with van der Waals surface area (Å²) in [4.78, 5) is 14.5. The molecule has 0 bridgehead atoms. The molecule has 31 heavy (non-hydrogen) atoms. The van der Waals surface area contributed by atoms with E-state index in [1.807, 2.05) is 40.9 Å². The SMILES string of the molecule is Cn1nc(COCc2cccc(F)c2)c2c1CCN(C(=O)NCCc1ccccc1)C2. The molecule has 6 nitrogen and oxygen atoms in total. The predicted molar refractivity (Wildman–Crippen MR) is 116 cm³/mol. The Hall–Kier alpha value is -3.19. The molecule has 0 unspecified atom stereocenters. The van der Waals surface area contributed by atoms with Crippen molar-refractivity contribution in [1.82, 2.24) is 20.0 Å². The number of halogens is 1. The van der Waals surface area contributed by atoms with E-state index < -0.39 is 0 Å². The first kappa shape index (κ1) is 21.1. The maximum atomic E-state index is 13.3. The topological polar surface area (TPSA) is 59.4 Å². The number of benzene rings is 2. The Morgan fingerprint density at radius 1 is 1.13 bits per heavy atom. The number of ether oxygens (including phenoxy) is 1. The minimum absolute atomic E-state index is 0.0583. The summed E-state index contributed by atoms with van der Waals surface area (Å²) in [6.45, 7) is 2.41. The number of urea groups is 1. The number of nitrogens with zero attached hydrogens (tertiary/aromatic N) is 3. The van der Waals surface area contributed by atoms with Gasteiger partial charge >= 0.3 is 6.03 Å². The number of aromatic nitrogens is 2. The largest absolute Gasteiger partial charge is 0.370 e. The van der Waals surface area contributed by atoms with Gasteiger partial charge in [0.25, 0.3) is 0 Å². The van der Waals surface area contributed by atoms with Crippen LogP contribution in [0.3, 0.4) is 0 Å². The summed E-state index contributed by atoms with van der Waals surface area (Å²) in [5.41, 5.74) is 5.00. The summed E-state index contributed by atoms with van der Waals surface area (Å²) >= 11 is 0. The third-order valence-electron chi connectivity index (χ3n) is 5.54. The third kappa shape index (κ3) is 5.30. The van der Waals surface area contributed by atoms with Crippen LogP contribution < -0.4 is 5.32 Å². The highest BCUT2D eigenvalue weighted by Crippen LogP contribution is 2.23. The van der Waals surface area contributed by atoms with E-state index in [0.717, 1.165) is 35.4 Å². The summed E-state index contributed by atoms with van der Waals surface area (Å²) in [7, 11) is 1.92. The van der Waals surface area contributed by atoms with E-state index in [0.29, 0.717) is 32.8 Å². The lowest BCUT2D eigenvalue weighted by Gasteiger charge is -2.28. The Balaban J connectivity index is 1.32. The minimum Gasteiger partial charge on any atom is -0.370 e. The number of fused-ring (bicyclic) bond motifs is 1. The van der Waals surface area contributed by atoms with Crippen molar-refractivity contribution >= 4 is 6.03 Å². The number of rotatable bonds is 7. The molecular weight excluding hydrogens is 395 g/mol. The Kier molecular flexibility index (Phi) is 6.62. The van der Waals surface area contributed by atoms with Gasteiger partial charge in [-0.15, -0.1) is 0 Å². The number of nitrogens with one attached hydrogen (secondary N) is 1. The van der Waals surface area contributed by atoms with E-state index in [2.05, 4.69) is 22.5 Å². The van der Waals surface area contributed by atoms with E-state index in [9.17, 15) is 9.18 Å². The molecular formula is C24H27FN4O2. The number of carbonyl (C=O) groups excluding carboxylic acids is 1. The molecule has 0 saturated heterocycles. The molecule has 1 aliphatic heterocycles. The van der Waals surface area contributed by atoms with Crippen LogP contribution >= 0.6 is 0 Å². The average molecular weight is 423 g/mol. The molecule has 1 aromatic heterocycles. The number of amides is 2. The number of aryl methyl sites for hydroxylation is 1. The van der Waals surface area contributed by atoms with Gasteiger partial charge < -0.3 is 15.0 Å². The molecule has 4 rings (SSSR count). The van der Waals surface area contributed by atoms with Crippen LogP contribution in [-0.4, -0.2) is 33.8 Å². The third-order valence-corrected chi connectivity index (χ3v) is 5.54. The number of hydrogen-bond acceptors (Lipinski definition) is 3. The molecule has 1 N–H and O–H groups in total. The van der Waals surface area contributed by atoms with Crippen LogP contribution in [0.5, 0.6) is 0 Å². The molecule has 0 atom stereocenters. The highest BCUT2D eigenvalue weighted by atomic mass is 19.1. The van der Waals surface area contributed by atoms with Crippen molar-refractivity contribution in [3.05, 3.63) is 88.5 Å². The second-order valence-electron chi connectivity index (χ2n) is 7.76. The lowest BCUT2D eigenvalue weighted by atomic mass is 10.1. The zero-order valence-electron chi connectivity index (χ0n) is 17.7. The van der Waals surface area contributed by atoms with Gasteiger partial charge in [0.05, 0.1) is 25.5 Å². The van der Waals surface area contributed by atoms with E-state index >= 15 is 0 Å². The van der Waals surface area contributed by atoms with Gasteiger partial charge in [0.15, 0.2) is 0 Å². The van der Waals surface area contributed by atoms with Crippen molar-refractivity contribution in [3.8, 4) is 0 Å². The Morgan fingerprint density at radius 2 is 1.94 bits per heavy atom. The van der Waals surface area contributed by atoms with Crippen LogP contribution in [0.1, 0.15) is 28.1 Å². The normalized spacial score (nSPS) is 13.2. The molecule has 0 aliphatic carbocycles. The van der Waals surface area contributed by atoms with Crippen LogP contribution in [0, 0.1) is 5.82 Å². The Bertz CT molecular complexity index is 1040. The zero-order chi connectivity index (χ0) is 21.6. The standard InChI is InChI=1S/C24H27FN4O2/c1-28-23-11-13-29(24(30)26-12-10-18-6-3-2-4-7-18)15-21(23)22(27-28)17-31-16-19-8-5-9-20(25)14-19/h2-9,14H,10-13,15-17H2,1H3,(H,26,30). The summed E-state index contributed by atoms with van der Waals surface area (Å²) in [6, 6.07) is 16.4. The van der Waals surface area contributed by atoms with E-state index in [1.54, 1.807) is 6.07 Å². The maximum absolute atomic E-state index is 13.3. The van der Waals surface area contributed by atoms with Gasteiger partial charge in [0, 0.05) is 37.8 Å². The van der Waals surface area contributed by atoms with Gasteiger partial charge in [0.1, 0.15) is 5.82 Å². The molecule has 3 aromatic rings. The quantitative estimate of drug-likeness (QED) is 0.633. The van der Waals surface area contributed by atoms with E-state index in [1.165, 1.54) is 17.7 Å². The Labute approximate surface area is 181 Å². The van der Waals surface area contributed by atoms with Gasteiger partial charge in [0.2, 0.25) is 0 Å². The predicted octanol–water partition coefficient (Wildman–Crippen LogP) is 3.59. The molecule has 0 radical (unpaired) electrons.